The number of phenolic OH excluding ortho intramolecular Hbond substituents is 1. The maximum atomic E-state index is 12.1. The summed E-state index contributed by atoms with van der Waals surface area (Å²) in [5, 5.41) is 31.3. The summed E-state index contributed by atoms with van der Waals surface area (Å²) in [6.45, 7) is 1.48. The first kappa shape index (κ1) is 32.0. The molecule has 0 aliphatic heterocycles. The Balaban J connectivity index is 1.58. The number of rotatable bonds is 19. The molecule has 2 atom stereocenters. The highest BCUT2D eigenvalue weighted by Gasteiger charge is 2.20. The highest BCUT2D eigenvalue weighted by atomic mass is 16.4. The first-order valence-corrected chi connectivity index (χ1v) is 14.2. The average Bonchev–Trinajstić information content (AvgIpc) is 2.97. The van der Waals surface area contributed by atoms with Crippen molar-refractivity contribution >= 4 is 35.4 Å². The summed E-state index contributed by atoms with van der Waals surface area (Å²) in [5.41, 5.74) is 13.2. The van der Waals surface area contributed by atoms with Gasteiger partial charge in [-0.15, -0.1) is 0 Å². The summed E-state index contributed by atoms with van der Waals surface area (Å²) in [4.78, 5) is 37.4. The van der Waals surface area contributed by atoms with Crippen molar-refractivity contribution in [1.29, 1.82) is 0 Å². The number of aromatic nitrogens is 3. The Morgan fingerprint density at radius 2 is 1.52 bits per heavy atom. The molecule has 2 aromatic carbocycles. The number of carbonyl (C=O) groups excluding carboxylic acids is 1. The number of carbonyl (C=O) groups is 2. The van der Waals surface area contributed by atoms with Crippen molar-refractivity contribution in [3.63, 3.8) is 0 Å². The molecule has 0 saturated heterocycles. The molecule has 13 nitrogen and oxygen atoms in total. The molecule has 13 heteroatoms. The minimum Gasteiger partial charge on any atom is -0.508 e. The smallest absolute Gasteiger partial charge is 0.326 e. The van der Waals surface area contributed by atoms with Gasteiger partial charge in [-0.1, -0.05) is 36.8 Å². The summed E-state index contributed by atoms with van der Waals surface area (Å²) < 4.78 is 0. The van der Waals surface area contributed by atoms with E-state index >= 15 is 0 Å². The number of nitrogens with one attached hydrogen (secondary N) is 4. The fourth-order valence-corrected chi connectivity index (χ4v) is 4.08. The van der Waals surface area contributed by atoms with Crippen molar-refractivity contribution < 1.29 is 19.8 Å². The van der Waals surface area contributed by atoms with Crippen LogP contribution in [-0.4, -0.2) is 68.8 Å². The molecule has 0 saturated carbocycles. The van der Waals surface area contributed by atoms with E-state index in [0.29, 0.717) is 51.7 Å². The normalized spacial score (nSPS) is 12.2. The molecule has 0 fully saturated rings. The van der Waals surface area contributed by atoms with E-state index in [-0.39, 0.29) is 29.5 Å². The van der Waals surface area contributed by atoms with Crippen LogP contribution in [0.25, 0.3) is 0 Å². The summed E-state index contributed by atoms with van der Waals surface area (Å²) in [6, 6.07) is 14.8. The molecule has 1 aromatic heterocycles. The van der Waals surface area contributed by atoms with Crippen LogP contribution in [0.5, 0.6) is 5.75 Å². The fourth-order valence-electron chi connectivity index (χ4n) is 4.08. The number of anilines is 4. The second kappa shape index (κ2) is 17.4. The summed E-state index contributed by atoms with van der Waals surface area (Å²) >= 11 is 0. The van der Waals surface area contributed by atoms with Gasteiger partial charge in [0, 0.05) is 18.8 Å². The van der Waals surface area contributed by atoms with E-state index < -0.39 is 18.1 Å². The maximum Gasteiger partial charge on any atom is 0.326 e. The van der Waals surface area contributed by atoms with Gasteiger partial charge in [-0.3, -0.25) is 4.79 Å². The zero-order valence-electron chi connectivity index (χ0n) is 23.6. The molecular weight excluding hydrogens is 538 g/mol. The lowest BCUT2D eigenvalue weighted by Crippen LogP contribution is -2.41. The number of amides is 1. The van der Waals surface area contributed by atoms with Crippen LogP contribution in [0.3, 0.4) is 0 Å². The molecule has 0 aliphatic carbocycles. The van der Waals surface area contributed by atoms with E-state index in [1.165, 1.54) is 0 Å². The van der Waals surface area contributed by atoms with Gasteiger partial charge in [0.15, 0.2) is 0 Å². The molecular formula is C29H41N9O4. The van der Waals surface area contributed by atoms with Gasteiger partial charge < -0.3 is 42.9 Å². The van der Waals surface area contributed by atoms with Crippen molar-refractivity contribution in [2.45, 2.75) is 57.0 Å². The Bertz CT molecular complexity index is 1250. The SMILES string of the molecule is NCCCC[C@H](N)C(=O)NCCCC[C@H](Nc1nc(NCCc2ccc(O)cc2)nc(Nc2ccccc2)n1)C(=O)O. The van der Waals surface area contributed by atoms with Crippen molar-refractivity contribution in [2.75, 3.05) is 35.6 Å². The molecule has 1 amide bonds. The van der Waals surface area contributed by atoms with Gasteiger partial charge in [0.25, 0.3) is 0 Å². The molecule has 0 bridgehead atoms. The van der Waals surface area contributed by atoms with E-state index in [0.717, 1.165) is 24.1 Å². The second-order valence-corrected chi connectivity index (χ2v) is 9.85. The Morgan fingerprint density at radius 3 is 2.24 bits per heavy atom. The standard InChI is InChI=1S/C29H41N9O4/c30-17-6-4-10-23(31)25(40)32-18-7-5-11-24(26(41)42)35-29-37-27(33-19-16-20-12-14-22(39)15-13-20)36-28(38-29)34-21-8-2-1-3-9-21/h1-3,8-9,12-15,23-24,39H,4-7,10-11,16-19,30-31H2,(H,32,40)(H,41,42)(H3,33,34,35,36,37,38)/t23-,24-/m0/s1. The molecule has 3 aromatic rings. The predicted molar refractivity (Wildman–Crippen MR) is 163 cm³/mol. The van der Waals surface area contributed by atoms with E-state index in [4.69, 9.17) is 11.5 Å². The Kier molecular flexibility index (Phi) is 13.2. The highest BCUT2D eigenvalue weighted by Crippen LogP contribution is 2.17. The third-order valence-corrected chi connectivity index (χ3v) is 6.42. The number of nitrogens with two attached hydrogens (primary N) is 2. The van der Waals surface area contributed by atoms with Crippen LogP contribution in [0, 0.1) is 0 Å². The lowest BCUT2D eigenvalue weighted by atomic mass is 10.1. The fraction of sp³-hybridized carbons (Fsp3) is 0.414. The minimum absolute atomic E-state index is 0.111. The third-order valence-electron chi connectivity index (χ3n) is 6.42. The molecule has 0 spiro atoms. The zero-order chi connectivity index (χ0) is 30.2. The number of aliphatic carboxylic acids is 1. The number of benzene rings is 2. The van der Waals surface area contributed by atoms with E-state index in [1.807, 2.05) is 42.5 Å². The number of unbranched alkanes of at least 4 members (excludes halogenated alkanes) is 2. The largest absolute Gasteiger partial charge is 0.508 e. The minimum atomic E-state index is -1.04. The number of phenols is 1. The third kappa shape index (κ3) is 11.6. The van der Waals surface area contributed by atoms with Gasteiger partial charge in [-0.05, 0) is 74.9 Å². The first-order chi connectivity index (χ1) is 20.3. The van der Waals surface area contributed by atoms with Gasteiger partial charge >= 0.3 is 5.97 Å². The number of hydrogen-bond donors (Lipinski definition) is 8. The van der Waals surface area contributed by atoms with Crippen molar-refractivity contribution in [3.05, 3.63) is 60.2 Å². The predicted octanol–water partition coefficient (Wildman–Crippen LogP) is 2.58. The average molecular weight is 580 g/mol. The number of carboxylic acids is 1. The quantitative estimate of drug-likeness (QED) is 0.0962. The highest BCUT2D eigenvalue weighted by molar-refractivity contribution is 5.81. The summed E-state index contributed by atoms with van der Waals surface area (Å²) in [7, 11) is 0. The van der Waals surface area contributed by atoms with E-state index in [9.17, 15) is 19.8 Å². The maximum absolute atomic E-state index is 12.1. The van der Waals surface area contributed by atoms with Crippen LogP contribution in [0.2, 0.25) is 0 Å². The molecule has 0 radical (unpaired) electrons. The molecule has 10 N–H and O–H groups in total. The lowest BCUT2D eigenvalue weighted by Gasteiger charge is -2.16. The van der Waals surface area contributed by atoms with Crippen LogP contribution in [0.1, 0.15) is 44.1 Å². The van der Waals surface area contributed by atoms with Crippen molar-refractivity contribution in [3.8, 4) is 5.75 Å². The van der Waals surface area contributed by atoms with Crippen molar-refractivity contribution in [2.24, 2.45) is 11.5 Å². The molecule has 42 heavy (non-hydrogen) atoms. The first-order valence-electron chi connectivity index (χ1n) is 14.2. The Hall–Kier alpha value is -4.49. The van der Waals surface area contributed by atoms with Crippen LogP contribution in [-0.2, 0) is 16.0 Å². The topological polar surface area (TPSA) is 213 Å². The Labute approximate surface area is 245 Å². The number of nitrogens with zero attached hydrogens (tertiary/aromatic N) is 3. The monoisotopic (exact) mass is 579 g/mol. The van der Waals surface area contributed by atoms with Gasteiger partial charge in [0.1, 0.15) is 11.8 Å². The number of aromatic hydroxyl groups is 1. The molecule has 226 valence electrons. The van der Waals surface area contributed by atoms with Gasteiger partial charge in [0.2, 0.25) is 23.8 Å². The van der Waals surface area contributed by atoms with Gasteiger partial charge in [-0.2, -0.15) is 15.0 Å². The summed E-state index contributed by atoms with van der Waals surface area (Å²) in [6.07, 6.45) is 4.29. The molecule has 3 rings (SSSR count). The van der Waals surface area contributed by atoms with Crippen LogP contribution in [0.15, 0.2) is 54.6 Å². The van der Waals surface area contributed by atoms with E-state index in [1.54, 1.807) is 12.1 Å². The summed E-state index contributed by atoms with van der Waals surface area (Å²) in [5.74, 6) is -0.415. The Morgan fingerprint density at radius 1 is 0.833 bits per heavy atom. The van der Waals surface area contributed by atoms with Gasteiger partial charge in [-0.25, -0.2) is 4.79 Å². The second-order valence-electron chi connectivity index (χ2n) is 9.85. The van der Waals surface area contributed by atoms with Crippen LogP contribution < -0.4 is 32.7 Å². The molecule has 0 unspecified atom stereocenters. The van der Waals surface area contributed by atoms with E-state index in [2.05, 4.69) is 36.2 Å². The van der Waals surface area contributed by atoms with Gasteiger partial charge in [0.05, 0.1) is 6.04 Å². The van der Waals surface area contributed by atoms with Crippen LogP contribution in [0.4, 0.5) is 23.5 Å². The molecule has 0 aliphatic rings. The number of carboxylic acid groups (broad SMARTS) is 1. The zero-order valence-corrected chi connectivity index (χ0v) is 23.6. The lowest BCUT2D eigenvalue weighted by molar-refractivity contribution is -0.138. The number of hydrogen-bond acceptors (Lipinski definition) is 11. The van der Waals surface area contributed by atoms with Crippen molar-refractivity contribution in [1.82, 2.24) is 20.3 Å². The molecule has 1 heterocycles. The number of para-hydroxylation sites is 1. The van der Waals surface area contributed by atoms with Crippen LogP contribution >= 0.6 is 0 Å².